The first-order valence-corrected chi connectivity index (χ1v) is 8.57. The number of nitrogens with zero attached hydrogens (tertiary/aromatic N) is 2. The summed E-state index contributed by atoms with van der Waals surface area (Å²) >= 11 is 0. The third kappa shape index (κ3) is 3.22. The van der Waals surface area contributed by atoms with Crippen molar-refractivity contribution in [2.24, 2.45) is 0 Å². The van der Waals surface area contributed by atoms with Crippen LogP contribution in [0.25, 0.3) is 11.0 Å². The van der Waals surface area contributed by atoms with E-state index in [0.29, 0.717) is 6.61 Å². The summed E-state index contributed by atoms with van der Waals surface area (Å²) in [6.07, 6.45) is 3.73. The number of aromatic nitrogens is 2. The maximum absolute atomic E-state index is 11.8. The zero-order valence-corrected chi connectivity index (χ0v) is 15.7. The van der Waals surface area contributed by atoms with E-state index >= 15 is 0 Å². The fourth-order valence-corrected chi connectivity index (χ4v) is 3.41. The normalized spacial score (nSPS) is 13.5. The van der Waals surface area contributed by atoms with Gasteiger partial charge < -0.3 is 14.0 Å². The molecule has 26 heavy (non-hydrogen) atoms. The second-order valence-corrected chi connectivity index (χ2v) is 6.75. The average molecular weight is 352 g/mol. The fourth-order valence-electron chi connectivity index (χ4n) is 3.41. The van der Waals surface area contributed by atoms with E-state index in [1.807, 2.05) is 22.9 Å². The van der Waals surface area contributed by atoms with Gasteiger partial charge in [-0.15, -0.1) is 0 Å². The van der Waals surface area contributed by atoms with Crippen LogP contribution in [0.2, 0.25) is 0 Å². The number of rotatable bonds is 6. The SMILES string of the molecule is COCC(C)(c1ccc(C)cc1)c1cn(CC(=O)OC)c2ncccc12. The number of benzene rings is 1. The number of aryl methyl sites for hydroxylation is 1. The van der Waals surface area contributed by atoms with Crippen LogP contribution >= 0.6 is 0 Å². The first-order valence-electron chi connectivity index (χ1n) is 8.57. The highest BCUT2D eigenvalue weighted by atomic mass is 16.5. The van der Waals surface area contributed by atoms with Crippen molar-refractivity contribution in [3.05, 3.63) is 65.5 Å². The summed E-state index contributed by atoms with van der Waals surface area (Å²) in [5, 5.41) is 1.01. The van der Waals surface area contributed by atoms with Gasteiger partial charge in [-0.1, -0.05) is 29.8 Å². The van der Waals surface area contributed by atoms with Crippen molar-refractivity contribution >= 4 is 17.0 Å². The lowest BCUT2D eigenvalue weighted by Crippen LogP contribution is -2.29. The van der Waals surface area contributed by atoms with Crippen molar-refractivity contribution in [2.45, 2.75) is 25.8 Å². The molecule has 1 aromatic carbocycles. The topological polar surface area (TPSA) is 53.4 Å². The van der Waals surface area contributed by atoms with Gasteiger partial charge in [-0.05, 0) is 37.1 Å². The van der Waals surface area contributed by atoms with Gasteiger partial charge in [-0.3, -0.25) is 4.79 Å². The Bertz CT molecular complexity index is 915. The maximum Gasteiger partial charge on any atom is 0.325 e. The molecule has 2 aromatic heterocycles. The zero-order valence-electron chi connectivity index (χ0n) is 15.7. The van der Waals surface area contributed by atoms with Gasteiger partial charge in [-0.25, -0.2) is 4.98 Å². The van der Waals surface area contributed by atoms with Crippen LogP contribution in [-0.4, -0.2) is 36.3 Å². The Balaban J connectivity index is 2.20. The Kier molecular flexibility index (Phi) is 5.09. The number of pyridine rings is 1. The minimum Gasteiger partial charge on any atom is -0.468 e. The summed E-state index contributed by atoms with van der Waals surface area (Å²) in [6.45, 7) is 4.87. The fraction of sp³-hybridized carbons (Fsp3) is 0.333. The number of hydrogen-bond donors (Lipinski definition) is 0. The van der Waals surface area contributed by atoms with Crippen LogP contribution in [0.1, 0.15) is 23.6 Å². The largest absolute Gasteiger partial charge is 0.468 e. The number of fused-ring (bicyclic) bond motifs is 1. The van der Waals surface area contributed by atoms with E-state index in [0.717, 1.165) is 22.2 Å². The van der Waals surface area contributed by atoms with Crippen LogP contribution in [-0.2, 0) is 26.2 Å². The lowest BCUT2D eigenvalue weighted by atomic mass is 9.76. The van der Waals surface area contributed by atoms with Gasteiger partial charge in [0.05, 0.1) is 13.7 Å². The molecule has 2 heterocycles. The van der Waals surface area contributed by atoms with E-state index in [9.17, 15) is 4.79 Å². The van der Waals surface area contributed by atoms with Gasteiger partial charge in [0.25, 0.3) is 0 Å². The molecule has 0 saturated heterocycles. The molecule has 0 saturated carbocycles. The molecule has 0 aliphatic rings. The molecule has 3 aromatic rings. The van der Waals surface area contributed by atoms with Crippen molar-refractivity contribution in [3.8, 4) is 0 Å². The summed E-state index contributed by atoms with van der Waals surface area (Å²) in [7, 11) is 3.10. The molecule has 5 heteroatoms. The van der Waals surface area contributed by atoms with Gasteiger partial charge in [-0.2, -0.15) is 0 Å². The predicted octanol–water partition coefficient (Wildman–Crippen LogP) is 3.47. The molecule has 0 aliphatic carbocycles. The number of carbonyl (C=O) groups excluding carboxylic acids is 1. The maximum atomic E-state index is 11.8. The number of carbonyl (C=O) groups is 1. The van der Waals surface area contributed by atoms with Crippen LogP contribution in [0.5, 0.6) is 0 Å². The second kappa shape index (κ2) is 7.30. The van der Waals surface area contributed by atoms with Gasteiger partial charge in [0.1, 0.15) is 12.2 Å². The summed E-state index contributed by atoms with van der Waals surface area (Å²) < 4.78 is 12.3. The van der Waals surface area contributed by atoms with Crippen LogP contribution < -0.4 is 0 Å². The molecule has 0 amide bonds. The van der Waals surface area contributed by atoms with Crippen molar-refractivity contribution in [1.82, 2.24) is 9.55 Å². The highest BCUT2D eigenvalue weighted by molar-refractivity contribution is 5.84. The summed E-state index contributed by atoms with van der Waals surface area (Å²) in [4.78, 5) is 16.3. The molecular weight excluding hydrogens is 328 g/mol. The molecule has 0 spiro atoms. The monoisotopic (exact) mass is 352 g/mol. The van der Waals surface area contributed by atoms with E-state index in [1.54, 1.807) is 13.3 Å². The highest BCUT2D eigenvalue weighted by Gasteiger charge is 2.33. The minimum atomic E-state index is -0.370. The van der Waals surface area contributed by atoms with Crippen molar-refractivity contribution in [3.63, 3.8) is 0 Å². The smallest absolute Gasteiger partial charge is 0.325 e. The first-order chi connectivity index (χ1) is 12.5. The van der Waals surface area contributed by atoms with Crippen molar-refractivity contribution in [2.75, 3.05) is 20.8 Å². The molecule has 1 unspecified atom stereocenters. The Morgan fingerprint density at radius 3 is 2.58 bits per heavy atom. The quantitative estimate of drug-likeness (QED) is 0.638. The molecule has 0 aliphatic heterocycles. The van der Waals surface area contributed by atoms with E-state index in [1.165, 1.54) is 12.7 Å². The van der Waals surface area contributed by atoms with E-state index in [2.05, 4.69) is 43.1 Å². The Hall–Kier alpha value is -2.66. The van der Waals surface area contributed by atoms with Gasteiger partial charge in [0.15, 0.2) is 0 Å². The Morgan fingerprint density at radius 2 is 1.92 bits per heavy atom. The molecule has 136 valence electrons. The van der Waals surface area contributed by atoms with E-state index in [-0.39, 0.29) is 17.9 Å². The van der Waals surface area contributed by atoms with E-state index in [4.69, 9.17) is 9.47 Å². The zero-order chi connectivity index (χ0) is 18.7. The standard InChI is InChI=1S/C21H24N2O3/c1-15-7-9-16(10-8-15)21(2,14-25-3)18-12-23(13-19(24)26-4)20-17(18)6-5-11-22-20/h5-12H,13-14H2,1-4H3. The molecule has 0 fully saturated rings. The first kappa shape index (κ1) is 18.1. The molecule has 0 bridgehead atoms. The second-order valence-electron chi connectivity index (χ2n) is 6.75. The number of esters is 1. The van der Waals surface area contributed by atoms with E-state index < -0.39 is 0 Å². The Labute approximate surface area is 153 Å². The molecule has 1 atom stereocenters. The molecular formula is C21H24N2O3. The Morgan fingerprint density at radius 1 is 1.19 bits per heavy atom. The number of methoxy groups -OCH3 is 2. The average Bonchev–Trinajstić information content (AvgIpc) is 3.01. The third-order valence-corrected chi connectivity index (χ3v) is 4.88. The van der Waals surface area contributed by atoms with Crippen LogP contribution in [0, 0.1) is 6.92 Å². The number of ether oxygens (including phenoxy) is 2. The van der Waals surface area contributed by atoms with Crippen molar-refractivity contribution in [1.29, 1.82) is 0 Å². The van der Waals surface area contributed by atoms with Gasteiger partial charge >= 0.3 is 5.97 Å². The highest BCUT2D eigenvalue weighted by Crippen LogP contribution is 2.37. The lowest BCUT2D eigenvalue weighted by Gasteiger charge is -2.29. The molecule has 0 N–H and O–H groups in total. The summed E-state index contributed by atoms with van der Waals surface area (Å²) in [6, 6.07) is 12.4. The summed E-state index contributed by atoms with van der Waals surface area (Å²) in [5.74, 6) is -0.303. The van der Waals surface area contributed by atoms with Crippen LogP contribution in [0.3, 0.4) is 0 Å². The van der Waals surface area contributed by atoms with Crippen LogP contribution in [0.4, 0.5) is 0 Å². The van der Waals surface area contributed by atoms with Crippen molar-refractivity contribution < 1.29 is 14.3 Å². The molecule has 5 nitrogen and oxygen atoms in total. The molecule has 0 radical (unpaired) electrons. The lowest BCUT2D eigenvalue weighted by molar-refractivity contribution is -0.141. The minimum absolute atomic E-state index is 0.126. The predicted molar refractivity (Wildman–Crippen MR) is 101 cm³/mol. The van der Waals surface area contributed by atoms with Gasteiger partial charge in [0.2, 0.25) is 0 Å². The molecule has 3 rings (SSSR count). The van der Waals surface area contributed by atoms with Crippen LogP contribution in [0.15, 0.2) is 48.8 Å². The third-order valence-electron chi connectivity index (χ3n) is 4.88. The summed E-state index contributed by atoms with van der Waals surface area (Å²) in [5.41, 5.74) is 3.84. The number of hydrogen-bond acceptors (Lipinski definition) is 4. The van der Waals surface area contributed by atoms with Gasteiger partial charge in [0, 0.05) is 30.3 Å².